The second-order valence-corrected chi connectivity index (χ2v) is 5.60. The Balaban J connectivity index is 0.00000288. The van der Waals surface area contributed by atoms with Gasteiger partial charge >= 0.3 is 0 Å². The van der Waals surface area contributed by atoms with Crippen LogP contribution in [0.1, 0.15) is 40.5 Å². The number of unbranched alkanes of at least 4 members (excludes halogenated alkanes) is 1. The molecule has 0 radical (unpaired) electrons. The monoisotopic (exact) mass is 442 g/mol. The van der Waals surface area contributed by atoms with E-state index in [1.165, 1.54) is 4.90 Å². The smallest absolute Gasteiger partial charge is 0.261 e. The minimum absolute atomic E-state index is 0. The van der Waals surface area contributed by atoms with E-state index in [9.17, 15) is 9.59 Å². The molecule has 0 aromatic heterocycles. The molecule has 1 aliphatic rings. The third-order valence-corrected chi connectivity index (χ3v) is 3.51. The molecule has 1 aromatic carbocycles. The van der Waals surface area contributed by atoms with Gasteiger partial charge in [0.05, 0.1) is 17.7 Å². The van der Waals surface area contributed by atoms with Gasteiger partial charge in [0.15, 0.2) is 5.96 Å². The maximum Gasteiger partial charge on any atom is 0.261 e. The molecule has 24 heavy (non-hydrogen) atoms. The number of nitrogens with one attached hydrogen (secondary N) is 1. The Morgan fingerprint density at radius 2 is 1.79 bits per heavy atom. The molecule has 0 atom stereocenters. The van der Waals surface area contributed by atoms with Gasteiger partial charge in [-0.1, -0.05) is 24.3 Å². The number of rotatable bonds is 7. The predicted octanol–water partition coefficient (Wildman–Crippen LogP) is 2.16. The van der Waals surface area contributed by atoms with E-state index in [4.69, 9.17) is 5.73 Å². The minimum Gasteiger partial charge on any atom is -0.370 e. The second kappa shape index (κ2) is 9.41. The molecule has 7 heteroatoms. The molecule has 130 valence electrons. The molecule has 0 fully saturated rings. The van der Waals surface area contributed by atoms with Crippen molar-refractivity contribution in [2.24, 2.45) is 10.7 Å². The molecule has 0 saturated heterocycles. The summed E-state index contributed by atoms with van der Waals surface area (Å²) in [7, 11) is 0. The first-order valence-electron chi connectivity index (χ1n) is 7.64. The summed E-state index contributed by atoms with van der Waals surface area (Å²) < 4.78 is 0. The lowest BCUT2D eigenvalue weighted by molar-refractivity contribution is 0.0652. The van der Waals surface area contributed by atoms with Crippen LogP contribution < -0.4 is 11.1 Å². The van der Waals surface area contributed by atoms with Crippen LogP contribution in [0.2, 0.25) is 0 Å². The molecular formula is C17H23IN4O2. The van der Waals surface area contributed by atoms with Crippen LogP contribution in [0, 0.1) is 0 Å². The predicted molar refractivity (Wildman–Crippen MR) is 106 cm³/mol. The van der Waals surface area contributed by atoms with Crippen molar-refractivity contribution >= 4 is 41.8 Å². The van der Waals surface area contributed by atoms with E-state index in [1.807, 2.05) is 6.92 Å². The van der Waals surface area contributed by atoms with Gasteiger partial charge in [-0.25, -0.2) is 4.99 Å². The highest BCUT2D eigenvalue weighted by Crippen LogP contribution is 2.22. The Labute approximate surface area is 159 Å². The molecule has 1 aromatic rings. The number of aliphatic imine (C=N–C) groups is 1. The number of hydrogen-bond donors (Lipinski definition) is 2. The van der Waals surface area contributed by atoms with Crippen LogP contribution in [0.4, 0.5) is 0 Å². The Kier molecular flexibility index (Phi) is 7.90. The van der Waals surface area contributed by atoms with Gasteiger partial charge in [-0.15, -0.1) is 24.0 Å². The number of nitrogens with two attached hydrogens (primary N) is 1. The van der Waals surface area contributed by atoms with Crippen LogP contribution in [-0.2, 0) is 0 Å². The molecule has 0 saturated carbocycles. The first-order valence-corrected chi connectivity index (χ1v) is 7.64. The van der Waals surface area contributed by atoms with Crippen LogP contribution in [0.15, 0.2) is 41.4 Å². The first kappa shape index (κ1) is 20.1. The molecule has 6 nitrogen and oxygen atoms in total. The number of imide groups is 1. The first-order chi connectivity index (χ1) is 11.0. The van der Waals surface area contributed by atoms with Gasteiger partial charge in [0, 0.05) is 13.1 Å². The number of nitrogens with zero attached hydrogens (tertiary/aromatic N) is 2. The number of hydrogen-bond acceptors (Lipinski definition) is 3. The zero-order valence-corrected chi connectivity index (χ0v) is 16.1. The van der Waals surface area contributed by atoms with E-state index in [1.54, 1.807) is 24.3 Å². The molecule has 0 spiro atoms. The molecule has 0 aliphatic carbocycles. The Hall–Kier alpha value is -1.90. The van der Waals surface area contributed by atoms with Gasteiger partial charge in [-0.2, -0.15) is 0 Å². The van der Waals surface area contributed by atoms with E-state index in [-0.39, 0.29) is 35.8 Å². The van der Waals surface area contributed by atoms with Crippen molar-refractivity contribution in [2.75, 3.05) is 19.6 Å². The molecule has 2 rings (SSSR count). The lowest BCUT2D eigenvalue weighted by Gasteiger charge is -2.13. The molecule has 1 aliphatic heterocycles. The summed E-state index contributed by atoms with van der Waals surface area (Å²) in [6, 6.07) is 6.92. The van der Waals surface area contributed by atoms with E-state index >= 15 is 0 Å². The Bertz CT molecular complexity index is 623. The summed E-state index contributed by atoms with van der Waals surface area (Å²) in [5, 5.41) is 3.00. The van der Waals surface area contributed by atoms with Crippen molar-refractivity contribution in [3.05, 3.63) is 47.5 Å². The van der Waals surface area contributed by atoms with E-state index in [0.29, 0.717) is 43.1 Å². The molecule has 0 bridgehead atoms. The van der Waals surface area contributed by atoms with E-state index in [2.05, 4.69) is 16.9 Å². The summed E-state index contributed by atoms with van der Waals surface area (Å²) in [6.07, 6.45) is 1.50. The van der Waals surface area contributed by atoms with Crippen molar-refractivity contribution in [1.29, 1.82) is 0 Å². The summed E-state index contributed by atoms with van der Waals surface area (Å²) in [6.45, 7) is 7.21. The third kappa shape index (κ3) is 5.05. The van der Waals surface area contributed by atoms with Gasteiger partial charge in [0.2, 0.25) is 0 Å². The van der Waals surface area contributed by atoms with E-state index < -0.39 is 0 Å². The summed E-state index contributed by atoms with van der Waals surface area (Å²) >= 11 is 0. The lowest BCUT2D eigenvalue weighted by atomic mass is 10.1. The van der Waals surface area contributed by atoms with Crippen molar-refractivity contribution in [3.63, 3.8) is 0 Å². The number of halogens is 1. The van der Waals surface area contributed by atoms with Crippen LogP contribution in [-0.4, -0.2) is 42.3 Å². The van der Waals surface area contributed by atoms with Crippen molar-refractivity contribution in [3.8, 4) is 0 Å². The fourth-order valence-corrected chi connectivity index (χ4v) is 2.33. The van der Waals surface area contributed by atoms with Crippen molar-refractivity contribution < 1.29 is 9.59 Å². The van der Waals surface area contributed by atoms with Gasteiger partial charge < -0.3 is 11.1 Å². The average molecular weight is 442 g/mol. The maximum absolute atomic E-state index is 12.2. The molecule has 2 amide bonds. The number of carbonyl (C=O) groups is 2. The maximum atomic E-state index is 12.2. The highest BCUT2D eigenvalue weighted by Gasteiger charge is 2.34. The number of amides is 2. The van der Waals surface area contributed by atoms with Gasteiger partial charge in [-0.05, 0) is 31.9 Å². The van der Waals surface area contributed by atoms with Crippen LogP contribution in [0.3, 0.4) is 0 Å². The average Bonchev–Trinajstić information content (AvgIpc) is 2.77. The van der Waals surface area contributed by atoms with Gasteiger partial charge in [0.1, 0.15) is 0 Å². The Morgan fingerprint density at radius 1 is 1.21 bits per heavy atom. The summed E-state index contributed by atoms with van der Waals surface area (Å²) in [4.78, 5) is 29.8. The summed E-state index contributed by atoms with van der Waals surface area (Å²) in [5.74, 6) is -0.0316. The topological polar surface area (TPSA) is 87.8 Å². The fourth-order valence-electron chi connectivity index (χ4n) is 2.33. The van der Waals surface area contributed by atoms with Crippen LogP contribution in [0.25, 0.3) is 0 Å². The molecule has 1 heterocycles. The zero-order chi connectivity index (χ0) is 16.8. The molecular weight excluding hydrogens is 419 g/mol. The highest BCUT2D eigenvalue weighted by molar-refractivity contribution is 14.0. The standard InChI is InChI=1S/C17H22N4O2.HI/c1-12(2)11-20-17(18)19-9-5-6-10-21-15(22)13-7-3-4-8-14(13)16(21)23;/h3-4,7-8H,1,5-6,9-11H2,2H3,(H3,18,19,20);1H. The van der Waals surface area contributed by atoms with Gasteiger partial charge in [-0.3, -0.25) is 14.5 Å². The normalized spacial score (nSPS) is 13.5. The van der Waals surface area contributed by atoms with E-state index in [0.717, 1.165) is 12.0 Å². The summed E-state index contributed by atoms with van der Waals surface area (Å²) in [5.41, 5.74) is 7.64. The van der Waals surface area contributed by atoms with Crippen LogP contribution >= 0.6 is 24.0 Å². The SMILES string of the molecule is C=C(C)CN=C(N)NCCCCN1C(=O)c2ccccc2C1=O.I. The molecule has 3 N–H and O–H groups in total. The number of guanidine groups is 1. The number of fused-ring (bicyclic) bond motifs is 1. The van der Waals surface area contributed by atoms with Gasteiger partial charge in [0.25, 0.3) is 11.8 Å². The lowest BCUT2D eigenvalue weighted by Crippen LogP contribution is -2.34. The number of benzene rings is 1. The highest BCUT2D eigenvalue weighted by atomic mass is 127. The molecule has 0 unspecified atom stereocenters. The van der Waals surface area contributed by atoms with Crippen LogP contribution in [0.5, 0.6) is 0 Å². The van der Waals surface area contributed by atoms with Crippen molar-refractivity contribution in [2.45, 2.75) is 19.8 Å². The quantitative estimate of drug-likeness (QED) is 0.169. The fraction of sp³-hybridized carbons (Fsp3) is 0.353. The second-order valence-electron chi connectivity index (χ2n) is 5.60. The van der Waals surface area contributed by atoms with Crippen molar-refractivity contribution in [1.82, 2.24) is 10.2 Å². The zero-order valence-electron chi connectivity index (χ0n) is 13.7. The minimum atomic E-state index is -0.207. The number of carbonyl (C=O) groups excluding carboxylic acids is 2. The Morgan fingerprint density at radius 3 is 2.33 bits per heavy atom. The largest absolute Gasteiger partial charge is 0.370 e. The third-order valence-electron chi connectivity index (χ3n) is 3.51.